The lowest BCUT2D eigenvalue weighted by molar-refractivity contribution is -0.120. The molecule has 1 heterocycles. The Balaban J connectivity index is 1.69. The predicted octanol–water partition coefficient (Wildman–Crippen LogP) is 2.75. The monoisotopic (exact) mass is 441 g/mol. The molecular weight excluding hydrogens is 410 g/mol. The average Bonchev–Trinajstić information content (AvgIpc) is 2.80. The number of carbonyl (C=O) groups is 2. The lowest BCUT2D eigenvalue weighted by atomic mass is 10.1. The van der Waals surface area contributed by atoms with Crippen LogP contribution in [-0.4, -0.2) is 51.3 Å². The number of nitrogens with zero attached hydrogens (tertiary/aromatic N) is 1. The summed E-state index contributed by atoms with van der Waals surface area (Å²) in [6, 6.07) is 11.2. The summed E-state index contributed by atoms with van der Waals surface area (Å²) in [6.45, 7) is 9.16. The van der Waals surface area contributed by atoms with Crippen LogP contribution in [0.15, 0.2) is 36.4 Å². The first kappa shape index (κ1) is 23.2. The zero-order valence-electron chi connectivity index (χ0n) is 18.9. The number of hydrogen-bond donors (Lipinski definition) is 2. The van der Waals surface area contributed by atoms with E-state index in [1.54, 1.807) is 12.1 Å². The van der Waals surface area contributed by atoms with Gasteiger partial charge in [0.05, 0.1) is 26.4 Å². The molecule has 0 unspecified atom stereocenters. The van der Waals surface area contributed by atoms with Gasteiger partial charge in [-0.1, -0.05) is 12.1 Å². The topological polar surface area (TPSA) is 89.1 Å². The van der Waals surface area contributed by atoms with Crippen molar-refractivity contribution >= 4 is 17.5 Å². The van der Waals surface area contributed by atoms with Gasteiger partial charge in [-0.05, 0) is 50.6 Å². The Morgan fingerprint density at radius 3 is 2.19 bits per heavy atom. The first-order valence-corrected chi connectivity index (χ1v) is 11.0. The SMILES string of the molecule is CCOc1cc(C(=O)NCc2ccc(N3CCNC(=O)C3)cc2)cc(OCC)c1OCC. The Morgan fingerprint density at radius 1 is 1.00 bits per heavy atom. The van der Waals surface area contributed by atoms with Crippen LogP contribution in [0.4, 0.5) is 5.69 Å². The van der Waals surface area contributed by atoms with Crippen molar-refractivity contribution in [2.24, 2.45) is 0 Å². The Hall–Kier alpha value is -3.42. The zero-order valence-corrected chi connectivity index (χ0v) is 18.9. The van der Waals surface area contributed by atoms with Crippen molar-refractivity contribution in [2.45, 2.75) is 27.3 Å². The second-order valence-electron chi connectivity index (χ2n) is 7.22. The van der Waals surface area contributed by atoms with Gasteiger partial charge in [0.25, 0.3) is 5.91 Å². The quantitative estimate of drug-likeness (QED) is 0.589. The van der Waals surface area contributed by atoms with Gasteiger partial charge in [0.15, 0.2) is 11.5 Å². The first-order valence-electron chi connectivity index (χ1n) is 11.0. The van der Waals surface area contributed by atoms with Crippen LogP contribution in [0.25, 0.3) is 0 Å². The van der Waals surface area contributed by atoms with Crippen molar-refractivity contribution in [3.05, 3.63) is 47.5 Å². The fraction of sp³-hybridized carbons (Fsp3) is 0.417. The van der Waals surface area contributed by atoms with Gasteiger partial charge in [0, 0.05) is 30.9 Å². The molecule has 1 aliphatic heterocycles. The van der Waals surface area contributed by atoms with Gasteiger partial charge in [0.1, 0.15) is 0 Å². The molecule has 0 aliphatic carbocycles. The van der Waals surface area contributed by atoms with Crippen molar-refractivity contribution in [1.29, 1.82) is 0 Å². The van der Waals surface area contributed by atoms with E-state index in [4.69, 9.17) is 14.2 Å². The molecule has 0 saturated carbocycles. The number of hydrogen-bond acceptors (Lipinski definition) is 6. The average molecular weight is 442 g/mol. The van der Waals surface area contributed by atoms with E-state index in [0.29, 0.717) is 62.3 Å². The molecule has 8 heteroatoms. The van der Waals surface area contributed by atoms with Crippen molar-refractivity contribution in [2.75, 3.05) is 44.4 Å². The molecule has 2 amide bonds. The highest BCUT2D eigenvalue weighted by Crippen LogP contribution is 2.39. The van der Waals surface area contributed by atoms with E-state index in [2.05, 4.69) is 10.6 Å². The van der Waals surface area contributed by atoms with Crippen LogP contribution in [0.5, 0.6) is 17.2 Å². The summed E-state index contributed by atoms with van der Waals surface area (Å²) in [5, 5.41) is 5.76. The highest BCUT2D eigenvalue weighted by molar-refractivity contribution is 5.95. The van der Waals surface area contributed by atoms with Crippen LogP contribution in [0, 0.1) is 0 Å². The number of ether oxygens (including phenoxy) is 3. The van der Waals surface area contributed by atoms with Crippen LogP contribution in [-0.2, 0) is 11.3 Å². The van der Waals surface area contributed by atoms with Crippen LogP contribution in [0.2, 0.25) is 0 Å². The third-order valence-electron chi connectivity index (χ3n) is 4.96. The van der Waals surface area contributed by atoms with Crippen LogP contribution in [0.3, 0.4) is 0 Å². The number of benzene rings is 2. The number of carbonyl (C=O) groups excluding carboxylic acids is 2. The van der Waals surface area contributed by atoms with Crippen molar-refractivity contribution < 1.29 is 23.8 Å². The third-order valence-corrected chi connectivity index (χ3v) is 4.96. The van der Waals surface area contributed by atoms with Crippen LogP contribution < -0.4 is 29.7 Å². The molecule has 1 saturated heterocycles. The number of nitrogens with one attached hydrogen (secondary N) is 2. The molecule has 0 atom stereocenters. The maximum Gasteiger partial charge on any atom is 0.251 e. The minimum absolute atomic E-state index is 0.0285. The maximum absolute atomic E-state index is 12.8. The molecule has 0 radical (unpaired) electrons. The fourth-order valence-electron chi connectivity index (χ4n) is 3.49. The fourth-order valence-corrected chi connectivity index (χ4v) is 3.49. The molecule has 8 nitrogen and oxygen atoms in total. The molecule has 0 aromatic heterocycles. The van der Waals surface area contributed by atoms with Gasteiger partial charge >= 0.3 is 0 Å². The second kappa shape index (κ2) is 11.3. The minimum atomic E-state index is -0.230. The number of piperazine rings is 1. The normalized spacial score (nSPS) is 13.3. The number of anilines is 1. The highest BCUT2D eigenvalue weighted by atomic mass is 16.5. The Bertz CT molecular complexity index is 903. The second-order valence-corrected chi connectivity index (χ2v) is 7.22. The Kier molecular flexibility index (Phi) is 8.19. The summed E-state index contributed by atoms with van der Waals surface area (Å²) >= 11 is 0. The lowest BCUT2D eigenvalue weighted by Crippen LogP contribution is -2.47. The molecule has 172 valence electrons. The lowest BCUT2D eigenvalue weighted by Gasteiger charge is -2.28. The van der Waals surface area contributed by atoms with E-state index in [9.17, 15) is 9.59 Å². The van der Waals surface area contributed by atoms with Crippen molar-refractivity contribution in [3.8, 4) is 17.2 Å². The minimum Gasteiger partial charge on any atom is -0.490 e. The Morgan fingerprint density at radius 2 is 1.62 bits per heavy atom. The summed E-state index contributed by atoms with van der Waals surface area (Å²) in [5.41, 5.74) is 2.39. The molecule has 3 rings (SSSR count). The Labute approximate surface area is 188 Å². The number of amides is 2. The summed E-state index contributed by atoms with van der Waals surface area (Å²) in [6.07, 6.45) is 0. The van der Waals surface area contributed by atoms with E-state index >= 15 is 0 Å². The molecule has 2 aromatic rings. The third kappa shape index (κ3) is 5.84. The molecule has 32 heavy (non-hydrogen) atoms. The summed E-state index contributed by atoms with van der Waals surface area (Å²) < 4.78 is 17.1. The van der Waals surface area contributed by atoms with Gasteiger partial charge in [0.2, 0.25) is 11.7 Å². The van der Waals surface area contributed by atoms with E-state index in [1.807, 2.05) is 49.9 Å². The molecule has 1 fully saturated rings. The van der Waals surface area contributed by atoms with E-state index in [1.165, 1.54) is 0 Å². The van der Waals surface area contributed by atoms with Gasteiger partial charge < -0.3 is 29.7 Å². The van der Waals surface area contributed by atoms with Crippen molar-refractivity contribution in [3.63, 3.8) is 0 Å². The standard InChI is InChI=1S/C24H31N3O5/c1-4-30-20-13-18(14-21(31-5-2)23(20)32-6-3)24(29)26-15-17-7-9-19(10-8-17)27-12-11-25-22(28)16-27/h7-10,13-14H,4-6,11-12,15-16H2,1-3H3,(H,25,28)(H,26,29). The van der Waals surface area contributed by atoms with Crippen LogP contribution >= 0.6 is 0 Å². The molecule has 0 spiro atoms. The first-order chi connectivity index (χ1) is 15.5. The zero-order chi connectivity index (χ0) is 22.9. The van der Waals surface area contributed by atoms with E-state index in [-0.39, 0.29) is 11.8 Å². The molecular formula is C24H31N3O5. The molecule has 2 N–H and O–H groups in total. The van der Waals surface area contributed by atoms with E-state index in [0.717, 1.165) is 17.8 Å². The van der Waals surface area contributed by atoms with E-state index < -0.39 is 0 Å². The van der Waals surface area contributed by atoms with Gasteiger partial charge in [-0.3, -0.25) is 9.59 Å². The largest absolute Gasteiger partial charge is 0.490 e. The molecule has 2 aromatic carbocycles. The summed E-state index contributed by atoms with van der Waals surface area (Å²) in [4.78, 5) is 26.5. The van der Waals surface area contributed by atoms with Gasteiger partial charge in [-0.2, -0.15) is 0 Å². The maximum atomic E-state index is 12.8. The van der Waals surface area contributed by atoms with Crippen LogP contribution in [0.1, 0.15) is 36.7 Å². The smallest absolute Gasteiger partial charge is 0.251 e. The van der Waals surface area contributed by atoms with Gasteiger partial charge in [-0.25, -0.2) is 0 Å². The summed E-state index contributed by atoms with van der Waals surface area (Å²) in [5.74, 6) is 1.28. The predicted molar refractivity (Wildman–Crippen MR) is 123 cm³/mol. The molecule has 0 bridgehead atoms. The number of rotatable bonds is 10. The summed E-state index contributed by atoms with van der Waals surface area (Å²) in [7, 11) is 0. The molecule has 1 aliphatic rings. The highest BCUT2D eigenvalue weighted by Gasteiger charge is 2.19. The van der Waals surface area contributed by atoms with Crippen molar-refractivity contribution in [1.82, 2.24) is 10.6 Å². The van der Waals surface area contributed by atoms with Gasteiger partial charge in [-0.15, -0.1) is 0 Å².